The van der Waals surface area contributed by atoms with Crippen LogP contribution in [-0.4, -0.2) is 22.5 Å². The van der Waals surface area contributed by atoms with Gasteiger partial charge in [0, 0.05) is 6.08 Å². The smallest absolute Gasteiger partial charge is 0.329 e. The molecule has 1 aliphatic rings. The van der Waals surface area contributed by atoms with Crippen molar-refractivity contribution in [3.63, 3.8) is 0 Å². The van der Waals surface area contributed by atoms with Crippen LogP contribution < -0.4 is 5.32 Å². The van der Waals surface area contributed by atoms with Gasteiger partial charge in [-0.15, -0.1) is 0 Å². The van der Waals surface area contributed by atoms with E-state index in [4.69, 9.17) is 4.42 Å². The van der Waals surface area contributed by atoms with Gasteiger partial charge in [0.05, 0.1) is 0 Å². The van der Waals surface area contributed by atoms with Crippen LogP contribution in [-0.2, 0) is 9.59 Å². The molecule has 1 fully saturated rings. The van der Waals surface area contributed by atoms with Gasteiger partial charge in [-0.25, -0.2) is 4.79 Å². The number of carbonyl (C=O) groups is 2. The summed E-state index contributed by atoms with van der Waals surface area (Å²) in [5, 5.41) is 12.2. The van der Waals surface area contributed by atoms with Crippen LogP contribution in [0.3, 0.4) is 0 Å². The molecule has 0 aliphatic heterocycles. The minimum atomic E-state index is -1.14. The minimum Gasteiger partial charge on any atom is -0.480 e. The van der Waals surface area contributed by atoms with Crippen molar-refractivity contribution in [3.8, 4) is 0 Å². The predicted octanol–water partition coefficient (Wildman–Crippen LogP) is 2.75. The molecule has 1 aromatic heterocycles. The SMILES string of the molecule is Cc1ccc(/C=C/C(=O)NC2(C(=O)O)CCCC(C)C2)o1. The van der Waals surface area contributed by atoms with E-state index in [2.05, 4.69) is 5.32 Å². The van der Waals surface area contributed by atoms with Crippen LogP contribution >= 0.6 is 0 Å². The number of furan rings is 1. The Morgan fingerprint density at radius 3 is 2.81 bits per heavy atom. The van der Waals surface area contributed by atoms with Gasteiger partial charge in [-0.2, -0.15) is 0 Å². The average Bonchev–Trinajstić information content (AvgIpc) is 2.82. The summed E-state index contributed by atoms with van der Waals surface area (Å²) >= 11 is 0. The molecule has 5 nitrogen and oxygen atoms in total. The maximum absolute atomic E-state index is 12.0. The Kier molecular flexibility index (Phi) is 4.50. The molecule has 0 radical (unpaired) electrons. The highest BCUT2D eigenvalue weighted by molar-refractivity contribution is 5.95. The van der Waals surface area contributed by atoms with Gasteiger partial charge in [-0.05, 0) is 43.9 Å². The lowest BCUT2D eigenvalue weighted by Crippen LogP contribution is -2.56. The fraction of sp³-hybridized carbons (Fsp3) is 0.500. The second kappa shape index (κ2) is 6.16. The van der Waals surface area contributed by atoms with Crippen LogP contribution in [0.4, 0.5) is 0 Å². The number of hydrogen-bond donors (Lipinski definition) is 2. The maximum atomic E-state index is 12.0. The second-order valence-electron chi connectivity index (χ2n) is 5.86. The van der Waals surface area contributed by atoms with Crippen molar-refractivity contribution in [2.24, 2.45) is 5.92 Å². The summed E-state index contributed by atoms with van der Waals surface area (Å²) in [4.78, 5) is 23.6. The molecule has 21 heavy (non-hydrogen) atoms. The van der Waals surface area contributed by atoms with Crippen molar-refractivity contribution in [2.45, 2.75) is 45.1 Å². The van der Waals surface area contributed by atoms with Gasteiger partial charge >= 0.3 is 5.97 Å². The van der Waals surface area contributed by atoms with Crippen molar-refractivity contribution in [1.82, 2.24) is 5.32 Å². The number of aryl methyl sites for hydroxylation is 1. The highest BCUT2D eigenvalue weighted by atomic mass is 16.4. The Morgan fingerprint density at radius 2 is 2.24 bits per heavy atom. The lowest BCUT2D eigenvalue weighted by atomic mass is 9.76. The number of aliphatic carboxylic acids is 1. The van der Waals surface area contributed by atoms with Gasteiger partial charge in [0.1, 0.15) is 17.1 Å². The molecule has 0 aromatic carbocycles. The van der Waals surface area contributed by atoms with Gasteiger partial charge in [-0.3, -0.25) is 4.79 Å². The molecule has 0 saturated heterocycles. The first kappa shape index (κ1) is 15.4. The summed E-state index contributed by atoms with van der Waals surface area (Å²) < 4.78 is 5.33. The molecule has 1 saturated carbocycles. The van der Waals surface area contributed by atoms with E-state index in [1.165, 1.54) is 6.08 Å². The largest absolute Gasteiger partial charge is 0.480 e. The van der Waals surface area contributed by atoms with E-state index in [0.29, 0.717) is 24.5 Å². The van der Waals surface area contributed by atoms with E-state index < -0.39 is 17.4 Å². The number of amides is 1. The summed E-state index contributed by atoms with van der Waals surface area (Å²) in [5.74, 6) is 0.277. The molecular formula is C16H21NO4. The van der Waals surface area contributed by atoms with E-state index >= 15 is 0 Å². The first-order valence-electron chi connectivity index (χ1n) is 7.21. The van der Waals surface area contributed by atoms with Crippen LogP contribution in [0.2, 0.25) is 0 Å². The molecular weight excluding hydrogens is 270 g/mol. The minimum absolute atomic E-state index is 0.298. The Morgan fingerprint density at radius 1 is 1.48 bits per heavy atom. The normalized spacial score (nSPS) is 25.9. The number of nitrogens with one attached hydrogen (secondary N) is 1. The molecule has 0 bridgehead atoms. The maximum Gasteiger partial charge on any atom is 0.329 e. The quantitative estimate of drug-likeness (QED) is 0.836. The topological polar surface area (TPSA) is 79.5 Å². The zero-order valence-electron chi connectivity index (χ0n) is 12.4. The lowest BCUT2D eigenvalue weighted by Gasteiger charge is -2.36. The Bertz CT molecular complexity index is 560. The lowest BCUT2D eigenvalue weighted by molar-refractivity contribution is -0.149. The summed E-state index contributed by atoms with van der Waals surface area (Å²) in [5.41, 5.74) is -1.14. The summed E-state index contributed by atoms with van der Waals surface area (Å²) in [6, 6.07) is 3.56. The van der Waals surface area contributed by atoms with Crippen LogP contribution in [0.5, 0.6) is 0 Å². The zero-order chi connectivity index (χ0) is 15.5. The Balaban J connectivity index is 2.05. The molecule has 1 aliphatic carbocycles. The van der Waals surface area contributed by atoms with Crippen molar-refractivity contribution < 1.29 is 19.1 Å². The molecule has 5 heteroatoms. The third-order valence-corrected chi connectivity index (χ3v) is 3.93. The molecule has 2 unspecified atom stereocenters. The molecule has 1 amide bonds. The Hall–Kier alpha value is -2.04. The van der Waals surface area contributed by atoms with Crippen molar-refractivity contribution in [1.29, 1.82) is 0 Å². The third kappa shape index (κ3) is 3.74. The number of carboxylic acids is 1. The molecule has 0 spiro atoms. The number of carbonyl (C=O) groups excluding carboxylic acids is 1. The monoisotopic (exact) mass is 291 g/mol. The molecule has 2 rings (SSSR count). The average molecular weight is 291 g/mol. The van der Waals surface area contributed by atoms with Crippen molar-refractivity contribution >= 4 is 18.0 Å². The molecule has 2 atom stereocenters. The van der Waals surface area contributed by atoms with Crippen molar-refractivity contribution in [2.75, 3.05) is 0 Å². The van der Waals surface area contributed by atoms with Crippen LogP contribution in [0.25, 0.3) is 6.08 Å². The van der Waals surface area contributed by atoms with E-state index in [1.54, 1.807) is 18.2 Å². The summed E-state index contributed by atoms with van der Waals surface area (Å²) in [6.45, 7) is 3.84. The van der Waals surface area contributed by atoms with Gasteiger partial charge in [-0.1, -0.05) is 19.8 Å². The number of rotatable bonds is 4. The fourth-order valence-corrected chi connectivity index (χ4v) is 2.89. The molecule has 114 valence electrons. The first-order valence-corrected chi connectivity index (χ1v) is 7.21. The van der Waals surface area contributed by atoms with Crippen LogP contribution in [0, 0.1) is 12.8 Å². The van der Waals surface area contributed by atoms with E-state index in [9.17, 15) is 14.7 Å². The summed E-state index contributed by atoms with van der Waals surface area (Å²) in [6.07, 6.45) is 5.64. The predicted molar refractivity (Wildman–Crippen MR) is 78.6 cm³/mol. The van der Waals surface area contributed by atoms with E-state index in [1.807, 2.05) is 13.8 Å². The van der Waals surface area contributed by atoms with E-state index in [-0.39, 0.29) is 0 Å². The van der Waals surface area contributed by atoms with Crippen molar-refractivity contribution in [3.05, 3.63) is 29.7 Å². The van der Waals surface area contributed by atoms with Gasteiger partial charge in [0.25, 0.3) is 0 Å². The molecule has 1 aromatic rings. The number of hydrogen-bond acceptors (Lipinski definition) is 3. The zero-order valence-corrected chi connectivity index (χ0v) is 12.4. The van der Waals surface area contributed by atoms with Gasteiger partial charge < -0.3 is 14.8 Å². The molecule has 2 N–H and O–H groups in total. The number of carboxylic acid groups (broad SMARTS) is 1. The van der Waals surface area contributed by atoms with Gasteiger partial charge in [0.15, 0.2) is 0 Å². The Labute approximate surface area is 124 Å². The second-order valence-corrected chi connectivity index (χ2v) is 5.86. The van der Waals surface area contributed by atoms with Gasteiger partial charge in [0.2, 0.25) is 5.91 Å². The first-order chi connectivity index (χ1) is 9.91. The standard InChI is InChI=1S/C16H21NO4/c1-11-4-3-9-16(10-11,15(19)20)17-14(18)8-7-13-6-5-12(2)21-13/h5-8,11H,3-4,9-10H2,1-2H3,(H,17,18)(H,19,20)/b8-7+. The van der Waals surface area contributed by atoms with E-state index in [0.717, 1.165) is 18.6 Å². The highest BCUT2D eigenvalue weighted by Gasteiger charge is 2.42. The third-order valence-electron chi connectivity index (χ3n) is 3.93. The van der Waals surface area contributed by atoms with Crippen LogP contribution in [0.15, 0.2) is 22.6 Å². The van der Waals surface area contributed by atoms with Crippen LogP contribution in [0.1, 0.15) is 44.1 Å². The molecule has 1 heterocycles. The highest BCUT2D eigenvalue weighted by Crippen LogP contribution is 2.32. The summed E-state index contributed by atoms with van der Waals surface area (Å²) in [7, 11) is 0. The fourth-order valence-electron chi connectivity index (χ4n) is 2.89.